The molecule has 232 valence electrons. The molecule has 2 aliphatic rings. The Kier molecular flexibility index (Phi) is 8.94. The van der Waals surface area contributed by atoms with Gasteiger partial charge >= 0.3 is 12.3 Å². The van der Waals surface area contributed by atoms with Gasteiger partial charge in [-0.05, 0) is 66.9 Å². The molecule has 3 heterocycles. The van der Waals surface area contributed by atoms with Crippen LogP contribution in [0.15, 0.2) is 66.9 Å². The summed E-state index contributed by atoms with van der Waals surface area (Å²) in [6.07, 6.45) is -4.19. The highest BCUT2D eigenvalue weighted by atomic mass is 35.5. The predicted octanol–water partition coefficient (Wildman–Crippen LogP) is 5.57. The van der Waals surface area contributed by atoms with Crippen LogP contribution in [-0.2, 0) is 11.0 Å². The summed E-state index contributed by atoms with van der Waals surface area (Å²) in [5.41, 5.74) is -1.65. The van der Waals surface area contributed by atoms with Crippen molar-refractivity contribution in [3.8, 4) is 5.75 Å². The van der Waals surface area contributed by atoms with E-state index in [1.807, 2.05) is 0 Å². The van der Waals surface area contributed by atoms with Crippen LogP contribution in [0.5, 0.6) is 5.75 Å². The minimum atomic E-state index is -4.57. The fourth-order valence-corrected chi connectivity index (χ4v) is 6.07. The second-order valence-corrected chi connectivity index (χ2v) is 11.3. The summed E-state index contributed by atoms with van der Waals surface area (Å²) >= 11 is 6.12. The molecule has 44 heavy (non-hydrogen) atoms. The molecule has 2 amide bonds. The van der Waals surface area contributed by atoms with Crippen LogP contribution < -0.4 is 10.1 Å². The van der Waals surface area contributed by atoms with E-state index in [1.54, 1.807) is 24.3 Å². The Morgan fingerprint density at radius 3 is 2.27 bits per heavy atom. The lowest BCUT2D eigenvalue weighted by atomic mass is 9.72. The molecule has 2 aliphatic heterocycles. The normalized spacial score (nSPS) is 20.8. The minimum Gasteiger partial charge on any atom is -0.410 e. The summed E-state index contributed by atoms with van der Waals surface area (Å²) in [7, 11) is 1.49. The second-order valence-electron chi connectivity index (χ2n) is 10.9. The van der Waals surface area contributed by atoms with Crippen LogP contribution >= 0.6 is 11.6 Å². The van der Waals surface area contributed by atoms with E-state index in [0.717, 1.165) is 29.8 Å². The molecule has 2 fully saturated rings. The molecule has 0 saturated carbocycles. The monoisotopic (exact) mass is 632 g/mol. The molecule has 0 radical (unpaired) electrons. The smallest absolute Gasteiger partial charge is 0.410 e. The number of benzene rings is 2. The first-order valence-electron chi connectivity index (χ1n) is 13.9. The van der Waals surface area contributed by atoms with Crippen LogP contribution in [0.25, 0.3) is 0 Å². The zero-order valence-corrected chi connectivity index (χ0v) is 24.4. The van der Waals surface area contributed by atoms with Crippen molar-refractivity contribution in [3.05, 3.63) is 94.5 Å². The van der Waals surface area contributed by atoms with Crippen LogP contribution in [0, 0.1) is 11.7 Å². The number of ether oxygens (including phenoxy) is 1. The molecule has 13 heteroatoms. The number of hydrogen-bond acceptors (Lipinski definition) is 6. The average molecular weight is 633 g/mol. The van der Waals surface area contributed by atoms with Crippen molar-refractivity contribution in [2.75, 3.05) is 33.2 Å². The molecule has 0 spiro atoms. The summed E-state index contributed by atoms with van der Waals surface area (Å²) in [6.45, 7) is 0.884. The fourth-order valence-electron chi connectivity index (χ4n) is 5.95. The number of pyridine rings is 1. The number of likely N-dealkylation sites (tertiary alicyclic amines) is 1. The van der Waals surface area contributed by atoms with Gasteiger partial charge in [-0.2, -0.15) is 13.2 Å². The Labute approximate surface area is 255 Å². The van der Waals surface area contributed by atoms with Gasteiger partial charge in [0.15, 0.2) is 5.78 Å². The standard InChI is InChI=1S/C31H29ClF4N4O4/c1-39(29(43)44-24-9-7-23(33)8-10-24)30(18-37-17-25(30)19-2-5-22(32)6-3-19)27(41)20-12-14-40(15-13-20)28(42)26-11-4-21(16-38-26)31(34,35)36/h2-11,16,20,25,37H,12-15,17-18H2,1H3/t25-,30+/m0/s1. The first kappa shape index (κ1) is 31.4. The maximum Gasteiger partial charge on any atom is 0.417 e. The molecule has 0 aliphatic carbocycles. The van der Waals surface area contributed by atoms with E-state index in [9.17, 15) is 31.9 Å². The molecule has 1 N–H and O–H groups in total. The molecule has 8 nitrogen and oxygen atoms in total. The number of piperidine rings is 1. The van der Waals surface area contributed by atoms with Gasteiger partial charge in [0, 0.05) is 56.3 Å². The highest BCUT2D eigenvalue weighted by molar-refractivity contribution is 6.30. The number of carbonyl (C=O) groups excluding carboxylic acids is 3. The first-order chi connectivity index (χ1) is 20.9. The van der Waals surface area contributed by atoms with Gasteiger partial charge in [0.1, 0.15) is 22.8 Å². The number of halogens is 5. The molecule has 1 aromatic heterocycles. The summed E-state index contributed by atoms with van der Waals surface area (Å²) in [6, 6.07) is 13.8. The van der Waals surface area contributed by atoms with Crippen molar-refractivity contribution in [3.63, 3.8) is 0 Å². The number of aromatic nitrogens is 1. The Hall–Kier alpha value is -4.03. The number of alkyl halides is 3. The number of nitrogens with zero attached hydrogens (tertiary/aromatic N) is 3. The van der Waals surface area contributed by atoms with Crippen molar-refractivity contribution >= 4 is 29.4 Å². The summed E-state index contributed by atoms with van der Waals surface area (Å²) in [5, 5.41) is 3.78. The van der Waals surface area contributed by atoms with Crippen molar-refractivity contribution in [2.24, 2.45) is 5.92 Å². The highest BCUT2D eigenvalue weighted by Crippen LogP contribution is 2.41. The molecule has 5 rings (SSSR count). The molecule has 0 bridgehead atoms. The molecular formula is C31H29ClF4N4O4. The Morgan fingerprint density at radius 2 is 1.68 bits per heavy atom. The number of nitrogens with one attached hydrogen (secondary N) is 1. The fraction of sp³-hybridized carbons (Fsp3) is 0.355. The number of rotatable bonds is 6. The van der Waals surface area contributed by atoms with E-state index in [4.69, 9.17) is 16.3 Å². The van der Waals surface area contributed by atoms with Gasteiger partial charge in [0.25, 0.3) is 5.91 Å². The van der Waals surface area contributed by atoms with E-state index in [2.05, 4.69) is 10.3 Å². The van der Waals surface area contributed by atoms with Gasteiger partial charge in [0.05, 0.1) is 5.56 Å². The van der Waals surface area contributed by atoms with E-state index >= 15 is 0 Å². The van der Waals surface area contributed by atoms with E-state index in [0.29, 0.717) is 17.8 Å². The SMILES string of the molecule is CN(C(=O)Oc1ccc(F)cc1)[C@]1(C(=O)C2CCN(C(=O)c3ccc(C(F)(F)F)cn3)CC2)CNC[C@H]1c1ccc(Cl)cc1. The van der Waals surface area contributed by atoms with Gasteiger partial charge in [-0.3, -0.25) is 19.5 Å². The lowest BCUT2D eigenvalue weighted by Gasteiger charge is -2.44. The Morgan fingerprint density at radius 1 is 1.02 bits per heavy atom. The third-order valence-electron chi connectivity index (χ3n) is 8.37. The number of Topliss-reactive ketones (excluding diaryl/α,β-unsaturated/α-hetero) is 1. The van der Waals surface area contributed by atoms with Gasteiger partial charge in [-0.25, -0.2) is 9.18 Å². The summed E-state index contributed by atoms with van der Waals surface area (Å²) in [4.78, 5) is 47.4. The third kappa shape index (κ3) is 6.27. The molecular weight excluding hydrogens is 604 g/mol. The van der Waals surface area contributed by atoms with Gasteiger partial charge in [-0.1, -0.05) is 23.7 Å². The topological polar surface area (TPSA) is 91.8 Å². The summed E-state index contributed by atoms with van der Waals surface area (Å²) < 4.78 is 57.7. The maximum atomic E-state index is 14.5. The zero-order chi connectivity index (χ0) is 31.6. The van der Waals surface area contributed by atoms with Gasteiger partial charge in [0.2, 0.25) is 0 Å². The van der Waals surface area contributed by atoms with E-state index in [1.165, 1.54) is 29.0 Å². The number of hydrogen-bond donors (Lipinski definition) is 1. The molecule has 3 aromatic rings. The lowest BCUT2D eigenvalue weighted by Crippen LogP contribution is -2.62. The Bertz CT molecular complexity index is 1510. The molecule has 2 atom stereocenters. The lowest BCUT2D eigenvalue weighted by molar-refractivity contribution is -0.138. The number of carbonyl (C=O) groups is 3. The highest BCUT2D eigenvalue weighted by Gasteiger charge is 2.56. The second kappa shape index (κ2) is 12.5. The van der Waals surface area contributed by atoms with Crippen LogP contribution in [0.1, 0.15) is 40.4 Å². The first-order valence-corrected chi connectivity index (χ1v) is 14.3. The van der Waals surface area contributed by atoms with Crippen molar-refractivity contribution in [2.45, 2.75) is 30.5 Å². The zero-order valence-electron chi connectivity index (χ0n) is 23.6. The van der Waals surface area contributed by atoms with Gasteiger partial charge in [-0.15, -0.1) is 0 Å². The number of ketones is 1. The molecule has 2 saturated heterocycles. The van der Waals surface area contributed by atoms with Crippen LogP contribution in [0.3, 0.4) is 0 Å². The number of amides is 2. The Balaban J connectivity index is 1.37. The number of likely N-dealkylation sites (N-methyl/N-ethyl adjacent to an activating group) is 1. The largest absolute Gasteiger partial charge is 0.417 e. The van der Waals surface area contributed by atoms with Gasteiger partial charge < -0.3 is 15.0 Å². The molecule has 0 unspecified atom stereocenters. The minimum absolute atomic E-state index is 0.114. The van der Waals surface area contributed by atoms with E-state index < -0.39 is 46.9 Å². The van der Waals surface area contributed by atoms with Crippen LogP contribution in [0.2, 0.25) is 5.02 Å². The van der Waals surface area contributed by atoms with Crippen molar-refractivity contribution < 1.29 is 36.7 Å². The van der Waals surface area contributed by atoms with Crippen LogP contribution in [-0.4, -0.2) is 71.3 Å². The predicted molar refractivity (Wildman–Crippen MR) is 153 cm³/mol. The summed E-state index contributed by atoms with van der Waals surface area (Å²) in [5.74, 6) is -2.11. The molecule has 2 aromatic carbocycles. The van der Waals surface area contributed by atoms with Crippen molar-refractivity contribution in [1.29, 1.82) is 0 Å². The maximum absolute atomic E-state index is 14.5. The van der Waals surface area contributed by atoms with Crippen molar-refractivity contribution in [1.82, 2.24) is 20.1 Å². The van der Waals surface area contributed by atoms with E-state index in [-0.39, 0.29) is 49.7 Å². The average Bonchev–Trinajstić information content (AvgIpc) is 3.47. The third-order valence-corrected chi connectivity index (χ3v) is 8.62. The quantitative estimate of drug-likeness (QED) is 0.357. The van der Waals surface area contributed by atoms with Crippen LogP contribution in [0.4, 0.5) is 22.4 Å².